The molecule has 0 radical (unpaired) electrons. The molecule has 0 fully saturated rings. The number of aromatic nitrogens is 16. The first-order chi connectivity index (χ1) is 37.7. The number of H-pyrrole nitrogens is 2. The van der Waals surface area contributed by atoms with Gasteiger partial charge in [-0.25, -0.2) is 69.8 Å². The summed E-state index contributed by atoms with van der Waals surface area (Å²) in [5.41, 5.74) is 6.94. The van der Waals surface area contributed by atoms with Gasteiger partial charge in [0.15, 0.2) is 51.7 Å². The van der Waals surface area contributed by atoms with Crippen molar-refractivity contribution in [2.45, 2.75) is 197 Å². The van der Waals surface area contributed by atoms with E-state index in [1.54, 1.807) is 70.6 Å². The van der Waals surface area contributed by atoms with Crippen LogP contribution in [-0.2, 0) is 0 Å². The van der Waals surface area contributed by atoms with E-state index in [-0.39, 0.29) is 40.1 Å². The van der Waals surface area contributed by atoms with E-state index in [1.807, 2.05) is 30.3 Å². The van der Waals surface area contributed by atoms with Crippen LogP contribution in [0, 0.1) is 0 Å². The first-order valence-corrected chi connectivity index (χ1v) is 32.0. The Balaban J connectivity index is 1.42. The van der Waals surface area contributed by atoms with Crippen molar-refractivity contribution in [1.29, 1.82) is 0 Å². The smallest absolute Gasteiger partial charge is 0.184 e. The van der Waals surface area contributed by atoms with Gasteiger partial charge in [-0.2, -0.15) is 0 Å². The summed E-state index contributed by atoms with van der Waals surface area (Å²) in [5, 5.41) is 4.62. The van der Waals surface area contributed by atoms with E-state index in [0.29, 0.717) is 104 Å². The van der Waals surface area contributed by atoms with Crippen molar-refractivity contribution in [1.82, 2.24) is 79.7 Å². The quantitative estimate of drug-likeness (QED) is 0.122. The van der Waals surface area contributed by atoms with Gasteiger partial charge in [0.25, 0.3) is 0 Å². The predicted molar refractivity (Wildman–Crippen MR) is 341 cm³/mol. The molecule has 0 amide bonds. The number of benzene rings is 1. The fourth-order valence-corrected chi connectivity index (χ4v) is 14.4. The van der Waals surface area contributed by atoms with Gasteiger partial charge in [0.05, 0.1) is 0 Å². The highest BCUT2D eigenvalue weighted by Gasteiger charge is 2.34. The number of nitrogens with zero attached hydrogens (tertiary/aromatic N) is 15. The van der Waals surface area contributed by atoms with Gasteiger partial charge in [0.1, 0.15) is 80.7 Å². The molecule has 8 bridgehead atoms. The molecule has 7 aromatic heterocycles. The number of hydrogen-bond acceptors (Lipinski definition) is 21. The van der Waals surface area contributed by atoms with Gasteiger partial charge >= 0.3 is 0 Å². The molecule has 81 heavy (non-hydrogen) atoms. The molecule has 0 atom stereocenters. The lowest BCUT2D eigenvalue weighted by atomic mass is 10.1. The molecule has 0 saturated heterocycles. The maximum absolute atomic E-state index is 5.48. The summed E-state index contributed by atoms with van der Waals surface area (Å²) in [5.74, 6) is 1.86. The van der Waals surface area contributed by atoms with Crippen LogP contribution in [-0.4, -0.2) is 121 Å². The van der Waals surface area contributed by atoms with E-state index in [1.165, 1.54) is 0 Å². The number of hydrogen-bond donors (Lipinski definition) is 2. The molecular weight excluding hydrogens is 1130 g/mol. The van der Waals surface area contributed by atoms with Crippen LogP contribution in [0.4, 0.5) is 5.82 Å². The number of nitrogens with one attached hydrogen (secondary N) is 2. The van der Waals surface area contributed by atoms with Crippen molar-refractivity contribution in [3.8, 4) is 57.3 Å². The summed E-state index contributed by atoms with van der Waals surface area (Å²) in [6, 6.07) is 10.1. The molecule has 10 rings (SSSR count). The highest BCUT2D eigenvalue weighted by molar-refractivity contribution is 8.04. The van der Waals surface area contributed by atoms with E-state index in [0.717, 1.165) is 35.7 Å². The van der Waals surface area contributed by atoms with Crippen molar-refractivity contribution in [2.75, 3.05) is 18.0 Å². The van der Waals surface area contributed by atoms with Crippen LogP contribution in [0.2, 0.25) is 0 Å². The topological polar surface area (TPSA) is 215 Å². The van der Waals surface area contributed by atoms with Gasteiger partial charge in [-0.1, -0.05) is 226 Å². The second-order valence-corrected chi connectivity index (χ2v) is 36.5. The monoisotopic (exact) mass is 1200 g/mol. The minimum atomic E-state index is -0.207. The average Bonchev–Trinajstić information content (AvgIpc) is 4.29. The Morgan fingerprint density at radius 2 is 0.593 bits per heavy atom. The van der Waals surface area contributed by atoms with Gasteiger partial charge < -0.3 is 14.9 Å². The van der Waals surface area contributed by atoms with Crippen LogP contribution >= 0.6 is 70.6 Å². The molecule has 8 aromatic rings. The van der Waals surface area contributed by atoms with Gasteiger partial charge in [-0.3, -0.25) is 0 Å². The lowest BCUT2D eigenvalue weighted by Gasteiger charge is -2.22. The van der Waals surface area contributed by atoms with Crippen LogP contribution in [0.5, 0.6) is 0 Å². The molecule has 0 aliphatic carbocycles. The predicted octanol–water partition coefficient (Wildman–Crippen LogP) is 15.9. The standard InChI is InChI=1S/C58H71N17S6/c1-21-75(22-2)46-29(28-26-24-23-25-27-28)59-30-31(60-46)39-67-38(30)68-40-32-34(63-49(78-55(9,10)11)47(61-32)76-53(3,4)5)42(70-40)72-44-36-37(66-52(81-58(18,19)20)51(65-36)80-57(15,16)17)45(74-44)73-43-35-33(41(69-39)71-43)62-48(77-54(6,7)8)50(64-35)79-56(12,13)14/h23-27H,21-22H2,1-20H3,(H2,67,68,69,70,71,72,73,74). The van der Waals surface area contributed by atoms with Crippen LogP contribution in [0.1, 0.15) is 138 Å². The minimum absolute atomic E-state index is 0.201. The zero-order chi connectivity index (χ0) is 58.5. The number of rotatable bonds is 10. The molecule has 0 spiro atoms. The summed E-state index contributed by atoms with van der Waals surface area (Å²) in [4.78, 5) is 85.2. The van der Waals surface area contributed by atoms with Crippen molar-refractivity contribution in [2.24, 2.45) is 0 Å². The molecule has 424 valence electrons. The summed E-state index contributed by atoms with van der Waals surface area (Å²) in [6.07, 6.45) is 0. The van der Waals surface area contributed by atoms with Crippen LogP contribution in [0.15, 0.2) is 60.5 Å². The summed E-state index contributed by atoms with van der Waals surface area (Å²) < 4.78 is -1.23. The first kappa shape index (κ1) is 59.0. The molecular formula is C58H71N17S6. The van der Waals surface area contributed by atoms with Crippen LogP contribution < -0.4 is 4.90 Å². The average molecular weight is 1200 g/mol. The third-order valence-corrected chi connectivity index (χ3v) is 18.3. The van der Waals surface area contributed by atoms with Crippen molar-refractivity contribution in [3.05, 3.63) is 30.3 Å². The van der Waals surface area contributed by atoms with E-state index < -0.39 is 0 Å². The second kappa shape index (κ2) is 21.5. The number of thioether (sulfide) groups is 6. The molecule has 1 aromatic carbocycles. The molecule has 23 heteroatoms. The molecule has 2 aliphatic heterocycles. The molecule has 9 heterocycles. The normalized spacial score (nSPS) is 13.3. The number of aromatic amines is 2. The largest absolute Gasteiger partial charge is 0.355 e. The van der Waals surface area contributed by atoms with Crippen molar-refractivity contribution >= 4 is 121 Å². The molecule has 2 N–H and O–H groups in total. The van der Waals surface area contributed by atoms with Crippen LogP contribution in [0.25, 0.3) is 102 Å². The Kier molecular flexibility index (Phi) is 15.6. The zero-order valence-electron chi connectivity index (χ0n) is 50.0. The number of anilines is 1. The second-order valence-electron chi connectivity index (χ2n) is 25.6. The Morgan fingerprint density at radius 1 is 0.321 bits per heavy atom. The lowest BCUT2D eigenvalue weighted by Crippen LogP contribution is -2.24. The highest BCUT2D eigenvalue weighted by atomic mass is 32.2. The Hall–Kier alpha value is -5.20. The fraction of sp³-hybridized carbons (Fsp3) is 0.483. The highest BCUT2D eigenvalue weighted by Crippen LogP contribution is 2.48. The molecule has 0 saturated carbocycles. The Bertz CT molecular complexity index is 3950. The summed E-state index contributed by atoms with van der Waals surface area (Å²) >= 11 is 9.93. The van der Waals surface area contributed by atoms with Crippen molar-refractivity contribution < 1.29 is 0 Å². The maximum Gasteiger partial charge on any atom is 0.184 e. The Labute approximate surface area is 500 Å². The van der Waals surface area contributed by atoms with Gasteiger partial charge in [0.2, 0.25) is 0 Å². The maximum atomic E-state index is 5.48. The SMILES string of the molecule is CCN(CC)c1nc2c3nc4nc(nc5[nH]c(nc6nc(nc([nH]3)c2nc1-c1ccccc1)-c1nc(SC(C)(C)C)c(SC(C)(C)C)nc1-6)c1nc(SC(C)(C)C)c(SC(C)(C)C)nc51)-c1nc(SC(C)(C)C)c(SC(C)(C)C)nc1-4. The van der Waals surface area contributed by atoms with Gasteiger partial charge in [-0.15, -0.1) is 0 Å². The van der Waals surface area contributed by atoms with E-state index >= 15 is 0 Å². The van der Waals surface area contributed by atoms with E-state index in [4.69, 9.17) is 69.8 Å². The molecule has 2 aliphatic rings. The zero-order valence-corrected chi connectivity index (χ0v) is 54.9. The molecule has 17 nitrogen and oxygen atoms in total. The van der Waals surface area contributed by atoms with Gasteiger partial charge in [-0.05, 0) is 13.8 Å². The summed E-state index contributed by atoms with van der Waals surface area (Å²) in [7, 11) is 0. The third kappa shape index (κ3) is 13.3. The Morgan fingerprint density at radius 3 is 0.877 bits per heavy atom. The number of fused-ring (bicyclic) bond motifs is 20. The first-order valence-electron chi connectivity index (χ1n) is 27.1. The lowest BCUT2D eigenvalue weighted by molar-refractivity contribution is 0.778. The van der Waals surface area contributed by atoms with E-state index in [2.05, 4.69) is 153 Å². The van der Waals surface area contributed by atoms with Crippen molar-refractivity contribution in [3.63, 3.8) is 0 Å². The summed E-state index contributed by atoms with van der Waals surface area (Å²) in [6.45, 7) is 44.8. The fourth-order valence-electron chi connectivity index (χ4n) is 8.53. The third-order valence-electron chi connectivity index (χ3n) is 11.4. The minimum Gasteiger partial charge on any atom is -0.355 e. The van der Waals surface area contributed by atoms with Gasteiger partial charge in [0, 0.05) is 47.1 Å². The molecule has 0 unspecified atom stereocenters. The van der Waals surface area contributed by atoms with Crippen LogP contribution in [0.3, 0.4) is 0 Å². The van der Waals surface area contributed by atoms with E-state index in [9.17, 15) is 0 Å².